The summed E-state index contributed by atoms with van der Waals surface area (Å²) < 4.78 is 0. The van der Waals surface area contributed by atoms with E-state index in [0.717, 1.165) is 38.6 Å². The molecule has 6 nitrogen and oxygen atoms in total. The molecule has 3 amide bonds. The first kappa shape index (κ1) is 16.2. The van der Waals surface area contributed by atoms with Gasteiger partial charge >= 0.3 is 6.03 Å². The van der Waals surface area contributed by atoms with Crippen molar-refractivity contribution in [3.63, 3.8) is 0 Å². The quantitative estimate of drug-likeness (QED) is 0.716. The van der Waals surface area contributed by atoms with Gasteiger partial charge in [-0.05, 0) is 38.6 Å². The van der Waals surface area contributed by atoms with Crippen LogP contribution in [-0.2, 0) is 4.79 Å². The average molecular weight is 296 g/mol. The number of nitrogens with two attached hydrogens (primary N) is 1. The second kappa shape index (κ2) is 7.75. The van der Waals surface area contributed by atoms with Crippen LogP contribution in [0, 0.1) is 5.92 Å². The highest BCUT2D eigenvalue weighted by molar-refractivity contribution is 5.95. The molecule has 2 unspecified atom stereocenters. The number of carbonyl (C=O) groups is 2. The average Bonchev–Trinajstić information content (AvgIpc) is 2.80. The van der Waals surface area contributed by atoms with Crippen LogP contribution >= 0.6 is 0 Å². The number of rotatable bonds is 4. The topological polar surface area (TPSA) is 87.5 Å². The normalized spacial score (nSPS) is 27.5. The molecule has 2 rings (SSSR count). The molecule has 0 radical (unpaired) electrons. The van der Waals surface area contributed by atoms with Gasteiger partial charge in [0.2, 0.25) is 5.91 Å². The number of nitrogens with one attached hydrogen (secondary N) is 2. The van der Waals surface area contributed by atoms with Crippen molar-refractivity contribution in [2.24, 2.45) is 11.7 Å². The predicted octanol–water partition coefficient (Wildman–Crippen LogP) is 0.814. The maximum Gasteiger partial charge on any atom is 0.321 e. The minimum atomic E-state index is -0.353. The molecule has 1 heterocycles. The second-order valence-electron chi connectivity index (χ2n) is 6.47. The van der Waals surface area contributed by atoms with E-state index in [0.29, 0.717) is 18.5 Å². The molecular weight excluding hydrogens is 268 g/mol. The lowest BCUT2D eigenvalue weighted by molar-refractivity contribution is -0.121. The molecule has 120 valence electrons. The van der Waals surface area contributed by atoms with Crippen LogP contribution in [0.1, 0.15) is 45.4 Å². The van der Waals surface area contributed by atoms with Crippen LogP contribution in [-0.4, -0.2) is 48.6 Å². The first-order chi connectivity index (χ1) is 10.1. The Morgan fingerprint density at radius 3 is 2.57 bits per heavy atom. The molecule has 4 N–H and O–H groups in total. The highest BCUT2D eigenvalue weighted by Crippen LogP contribution is 2.21. The Balaban J connectivity index is 1.70. The Morgan fingerprint density at radius 2 is 1.95 bits per heavy atom. The molecule has 0 aromatic rings. The summed E-state index contributed by atoms with van der Waals surface area (Å²) in [5.74, 6) is 0.233. The van der Waals surface area contributed by atoms with E-state index in [4.69, 9.17) is 5.73 Å². The van der Waals surface area contributed by atoms with Crippen LogP contribution in [0.25, 0.3) is 0 Å². The van der Waals surface area contributed by atoms with E-state index in [1.54, 1.807) is 0 Å². The van der Waals surface area contributed by atoms with Crippen molar-refractivity contribution < 1.29 is 9.59 Å². The molecule has 1 saturated heterocycles. The Labute approximate surface area is 126 Å². The van der Waals surface area contributed by atoms with Gasteiger partial charge < -0.3 is 11.1 Å². The largest absolute Gasteiger partial charge is 0.335 e. The van der Waals surface area contributed by atoms with Crippen molar-refractivity contribution >= 4 is 11.9 Å². The molecule has 0 bridgehead atoms. The van der Waals surface area contributed by atoms with E-state index in [1.165, 1.54) is 6.42 Å². The monoisotopic (exact) mass is 296 g/mol. The van der Waals surface area contributed by atoms with Gasteiger partial charge in [0, 0.05) is 18.6 Å². The zero-order chi connectivity index (χ0) is 15.2. The van der Waals surface area contributed by atoms with Gasteiger partial charge in [-0.15, -0.1) is 0 Å². The zero-order valence-electron chi connectivity index (χ0n) is 12.9. The predicted molar refractivity (Wildman–Crippen MR) is 81.7 cm³/mol. The molecule has 1 saturated carbocycles. The molecular formula is C15H28N4O2. The number of amides is 3. The lowest BCUT2D eigenvalue weighted by atomic mass is 9.96. The highest BCUT2D eigenvalue weighted by Gasteiger charge is 2.29. The smallest absolute Gasteiger partial charge is 0.321 e. The second-order valence-corrected chi connectivity index (χ2v) is 6.47. The van der Waals surface area contributed by atoms with Crippen LogP contribution in [0.2, 0.25) is 0 Å². The highest BCUT2D eigenvalue weighted by atomic mass is 16.2. The fraction of sp³-hybridized carbons (Fsp3) is 0.867. The maximum atomic E-state index is 11.9. The van der Waals surface area contributed by atoms with Crippen molar-refractivity contribution in [1.29, 1.82) is 0 Å². The summed E-state index contributed by atoms with van der Waals surface area (Å²) in [4.78, 5) is 25.9. The lowest BCUT2D eigenvalue weighted by Crippen LogP contribution is -2.48. The number of imide groups is 1. The minimum absolute atomic E-state index is 0.221. The van der Waals surface area contributed by atoms with Crippen molar-refractivity contribution in [2.75, 3.05) is 19.6 Å². The van der Waals surface area contributed by atoms with Crippen LogP contribution in [0.4, 0.5) is 4.79 Å². The Bertz CT molecular complexity index is 369. The summed E-state index contributed by atoms with van der Waals surface area (Å²) in [5, 5.41) is 5.34. The summed E-state index contributed by atoms with van der Waals surface area (Å²) in [5.41, 5.74) is 5.68. The molecule has 0 spiro atoms. The van der Waals surface area contributed by atoms with E-state index < -0.39 is 0 Å². The molecule has 21 heavy (non-hydrogen) atoms. The van der Waals surface area contributed by atoms with Crippen molar-refractivity contribution in [1.82, 2.24) is 15.5 Å². The van der Waals surface area contributed by atoms with Crippen LogP contribution in [0.5, 0.6) is 0 Å². The number of urea groups is 1. The van der Waals surface area contributed by atoms with E-state index >= 15 is 0 Å². The molecule has 2 aliphatic rings. The molecule has 1 aliphatic heterocycles. The van der Waals surface area contributed by atoms with E-state index in [2.05, 4.69) is 22.5 Å². The number of carbonyl (C=O) groups excluding carboxylic acids is 2. The number of nitrogens with zero attached hydrogens (tertiary/aromatic N) is 1. The lowest BCUT2D eigenvalue weighted by Gasteiger charge is -2.23. The summed E-state index contributed by atoms with van der Waals surface area (Å²) >= 11 is 0. The Hall–Kier alpha value is -1.14. The van der Waals surface area contributed by atoms with Crippen molar-refractivity contribution in [3.8, 4) is 0 Å². The summed E-state index contributed by atoms with van der Waals surface area (Å²) in [6.45, 7) is 3.88. The zero-order valence-corrected chi connectivity index (χ0v) is 12.9. The van der Waals surface area contributed by atoms with Gasteiger partial charge in [-0.25, -0.2) is 4.79 Å². The molecule has 0 aromatic carbocycles. The summed E-state index contributed by atoms with van der Waals surface area (Å²) in [6.07, 6.45) is 6.62. The SMILES string of the molecule is CC1CC(CN)CN1CC(=O)NC(=O)NC1CCCCC1. The van der Waals surface area contributed by atoms with E-state index in [9.17, 15) is 9.59 Å². The Morgan fingerprint density at radius 1 is 1.24 bits per heavy atom. The van der Waals surface area contributed by atoms with Gasteiger partial charge in [0.25, 0.3) is 0 Å². The fourth-order valence-corrected chi connectivity index (χ4v) is 3.43. The third-order valence-electron chi connectivity index (χ3n) is 4.66. The van der Waals surface area contributed by atoms with Crippen molar-refractivity contribution in [2.45, 2.75) is 57.5 Å². The van der Waals surface area contributed by atoms with Crippen LogP contribution in [0.3, 0.4) is 0 Å². The third kappa shape index (κ3) is 4.97. The standard InChI is InChI=1S/C15H28N4O2/c1-11-7-12(8-16)9-19(11)10-14(20)18-15(21)17-13-5-3-2-4-6-13/h11-13H,2-10,16H2,1H3,(H2,17,18,20,21). The first-order valence-electron chi connectivity index (χ1n) is 8.13. The van der Waals surface area contributed by atoms with Gasteiger partial charge in [-0.2, -0.15) is 0 Å². The van der Waals surface area contributed by atoms with E-state index in [-0.39, 0.29) is 24.5 Å². The van der Waals surface area contributed by atoms with Gasteiger partial charge in [0.1, 0.15) is 0 Å². The number of likely N-dealkylation sites (tertiary alicyclic amines) is 1. The minimum Gasteiger partial charge on any atom is -0.335 e. The Kier molecular flexibility index (Phi) is 5.99. The summed E-state index contributed by atoms with van der Waals surface area (Å²) in [6, 6.07) is 0.221. The molecule has 1 aliphatic carbocycles. The van der Waals surface area contributed by atoms with E-state index in [1.807, 2.05) is 0 Å². The maximum absolute atomic E-state index is 11.9. The van der Waals surface area contributed by atoms with Gasteiger partial charge in [0.05, 0.1) is 6.54 Å². The van der Waals surface area contributed by atoms with Crippen LogP contribution < -0.4 is 16.4 Å². The van der Waals surface area contributed by atoms with Gasteiger partial charge in [-0.3, -0.25) is 15.0 Å². The van der Waals surface area contributed by atoms with Gasteiger partial charge in [0.15, 0.2) is 0 Å². The third-order valence-corrected chi connectivity index (χ3v) is 4.66. The molecule has 2 fully saturated rings. The molecule has 6 heteroatoms. The number of hydrogen-bond donors (Lipinski definition) is 3. The first-order valence-corrected chi connectivity index (χ1v) is 8.13. The van der Waals surface area contributed by atoms with Gasteiger partial charge in [-0.1, -0.05) is 19.3 Å². The molecule has 2 atom stereocenters. The number of hydrogen-bond acceptors (Lipinski definition) is 4. The fourth-order valence-electron chi connectivity index (χ4n) is 3.43. The summed E-state index contributed by atoms with van der Waals surface area (Å²) in [7, 11) is 0. The van der Waals surface area contributed by atoms with Crippen molar-refractivity contribution in [3.05, 3.63) is 0 Å². The van der Waals surface area contributed by atoms with Crippen LogP contribution in [0.15, 0.2) is 0 Å². The molecule has 0 aromatic heterocycles.